The minimum atomic E-state index is -0.162. The summed E-state index contributed by atoms with van der Waals surface area (Å²) in [5.41, 5.74) is 4.67. The quantitative estimate of drug-likeness (QED) is 0.587. The number of hydrogen-bond acceptors (Lipinski definition) is 3. The van der Waals surface area contributed by atoms with Gasteiger partial charge < -0.3 is 4.90 Å². The highest BCUT2D eigenvalue weighted by Gasteiger charge is 2.24. The highest BCUT2D eigenvalue weighted by molar-refractivity contribution is 7.99. The third kappa shape index (κ3) is 3.88. The molecule has 0 N–H and O–H groups in total. The molecular weight excluding hydrogens is 357 g/mol. The Kier molecular flexibility index (Phi) is 5.21. The zero-order chi connectivity index (χ0) is 18.8. The molecule has 5 heteroatoms. The van der Waals surface area contributed by atoms with Gasteiger partial charge in [-0.25, -0.2) is 4.39 Å². The van der Waals surface area contributed by atoms with Crippen LogP contribution in [-0.2, 0) is 13.1 Å². The van der Waals surface area contributed by atoms with Crippen LogP contribution in [0.1, 0.15) is 35.4 Å². The zero-order valence-corrected chi connectivity index (χ0v) is 16.5. The smallest absolute Gasteiger partial charge is 0.123 e. The molecule has 0 radical (unpaired) electrons. The van der Waals surface area contributed by atoms with E-state index in [0.29, 0.717) is 0 Å². The fourth-order valence-corrected chi connectivity index (χ4v) is 4.90. The van der Waals surface area contributed by atoms with E-state index in [9.17, 15) is 4.39 Å². The summed E-state index contributed by atoms with van der Waals surface area (Å²) in [6.07, 6.45) is 3.13. The minimum Gasteiger partial charge on any atom is -0.366 e. The van der Waals surface area contributed by atoms with Crippen molar-refractivity contribution in [1.29, 1.82) is 0 Å². The summed E-state index contributed by atoms with van der Waals surface area (Å²) in [6, 6.07) is 15.6. The number of anilines is 1. The number of aromatic nitrogens is 2. The number of hydrogen-bond donors (Lipinski definition) is 0. The predicted molar refractivity (Wildman–Crippen MR) is 110 cm³/mol. The molecule has 140 valence electrons. The van der Waals surface area contributed by atoms with Gasteiger partial charge in [-0.2, -0.15) is 5.10 Å². The summed E-state index contributed by atoms with van der Waals surface area (Å²) >= 11 is 1.84. The van der Waals surface area contributed by atoms with E-state index in [0.717, 1.165) is 37.3 Å². The average Bonchev–Trinajstić information content (AvgIpc) is 2.93. The highest BCUT2D eigenvalue weighted by Crippen LogP contribution is 2.45. The van der Waals surface area contributed by atoms with E-state index in [1.165, 1.54) is 22.2 Å². The molecule has 0 unspecified atom stereocenters. The maximum Gasteiger partial charge on any atom is 0.123 e. The lowest BCUT2D eigenvalue weighted by Gasteiger charge is -2.24. The van der Waals surface area contributed by atoms with Crippen LogP contribution in [0.15, 0.2) is 59.6 Å². The van der Waals surface area contributed by atoms with Crippen molar-refractivity contribution in [2.24, 2.45) is 0 Å². The molecule has 0 saturated heterocycles. The van der Waals surface area contributed by atoms with Gasteiger partial charge in [0, 0.05) is 41.5 Å². The van der Waals surface area contributed by atoms with Crippen LogP contribution >= 0.6 is 11.8 Å². The first-order valence-corrected chi connectivity index (χ1v) is 10.3. The Morgan fingerprint density at radius 2 is 2.04 bits per heavy atom. The molecule has 1 aliphatic heterocycles. The van der Waals surface area contributed by atoms with Crippen molar-refractivity contribution >= 4 is 17.4 Å². The monoisotopic (exact) mass is 381 g/mol. The third-order valence-corrected chi connectivity index (χ3v) is 6.48. The minimum absolute atomic E-state index is 0.162. The molecule has 0 bridgehead atoms. The molecule has 1 atom stereocenters. The van der Waals surface area contributed by atoms with Crippen LogP contribution in [-0.4, -0.2) is 16.3 Å². The van der Waals surface area contributed by atoms with Gasteiger partial charge in [-0.15, -0.1) is 11.8 Å². The largest absolute Gasteiger partial charge is 0.366 e. The van der Waals surface area contributed by atoms with Gasteiger partial charge in [-0.1, -0.05) is 24.3 Å². The van der Waals surface area contributed by atoms with Crippen LogP contribution < -0.4 is 4.90 Å². The molecule has 1 aliphatic rings. The van der Waals surface area contributed by atoms with E-state index in [4.69, 9.17) is 0 Å². The summed E-state index contributed by atoms with van der Waals surface area (Å²) in [7, 11) is 0. The van der Waals surface area contributed by atoms with Gasteiger partial charge in [0.05, 0.1) is 11.4 Å². The van der Waals surface area contributed by atoms with Crippen molar-refractivity contribution < 1.29 is 4.39 Å². The molecule has 0 aliphatic carbocycles. The first kappa shape index (κ1) is 18.1. The number of rotatable bonds is 4. The Hall–Kier alpha value is -2.27. The second-order valence-electron chi connectivity index (χ2n) is 6.93. The van der Waals surface area contributed by atoms with Gasteiger partial charge in [0.2, 0.25) is 0 Å². The lowest BCUT2D eigenvalue weighted by Crippen LogP contribution is -2.24. The molecule has 2 aromatic carbocycles. The van der Waals surface area contributed by atoms with Gasteiger partial charge in [-0.3, -0.25) is 4.68 Å². The lowest BCUT2D eigenvalue weighted by atomic mass is 10.1. The molecule has 0 fully saturated rings. The average molecular weight is 382 g/mol. The van der Waals surface area contributed by atoms with Crippen LogP contribution in [0.5, 0.6) is 0 Å². The fraction of sp³-hybridized carbons (Fsp3) is 0.318. The molecule has 0 saturated carbocycles. The van der Waals surface area contributed by atoms with Crippen molar-refractivity contribution in [3.05, 3.63) is 77.4 Å². The number of benzene rings is 2. The maximum absolute atomic E-state index is 13.7. The standard InChI is InChI=1S/C22H24FN3S/c1-3-26-15-18(16(2)24-26)14-25-12-11-21(17-7-6-8-19(23)13-17)27-22-10-5-4-9-20(22)25/h4-10,13,15,21H,3,11-12,14H2,1-2H3/t21-/m1/s1. The maximum atomic E-state index is 13.7. The fourth-order valence-electron chi connectivity index (χ4n) is 3.61. The number of aryl methyl sites for hydroxylation is 2. The van der Waals surface area contributed by atoms with Crippen LogP contribution in [0.4, 0.5) is 10.1 Å². The Labute approximate surface area is 164 Å². The summed E-state index contributed by atoms with van der Waals surface area (Å²) in [4.78, 5) is 3.69. The molecule has 0 spiro atoms. The van der Waals surface area contributed by atoms with E-state index in [-0.39, 0.29) is 11.1 Å². The number of para-hydroxylation sites is 1. The van der Waals surface area contributed by atoms with Crippen LogP contribution in [0.25, 0.3) is 0 Å². The number of halogens is 1. The number of nitrogens with zero attached hydrogens (tertiary/aromatic N) is 3. The summed E-state index contributed by atoms with van der Waals surface area (Å²) in [5.74, 6) is -0.162. The van der Waals surface area contributed by atoms with Crippen LogP contribution in [0.3, 0.4) is 0 Å². The van der Waals surface area contributed by atoms with Gasteiger partial charge in [0.25, 0.3) is 0 Å². The number of fused-ring (bicyclic) bond motifs is 1. The second-order valence-corrected chi connectivity index (χ2v) is 8.18. The van der Waals surface area contributed by atoms with Gasteiger partial charge in [0.15, 0.2) is 0 Å². The van der Waals surface area contributed by atoms with Crippen LogP contribution in [0, 0.1) is 12.7 Å². The van der Waals surface area contributed by atoms with Crippen molar-refractivity contribution in [1.82, 2.24) is 9.78 Å². The first-order valence-electron chi connectivity index (χ1n) is 9.43. The second kappa shape index (κ2) is 7.77. The van der Waals surface area contributed by atoms with Crippen molar-refractivity contribution in [2.75, 3.05) is 11.4 Å². The summed E-state index contributed by atoms with van der Waals surface area (Å²) in [5, 5.41) is 4.85. The van der Waals surface area contributed by atoms with Gasteiger partial charge in [0.1, 0.15) is 5.82 Å². The molecule has 27 heavy (non-hydrogen) atoms. The van der Waals surface area contributed by atoms with Crippen LogP contribution in [0.2, 0.25) is 0 Å². The lowest BCUT2D eigenvalue weighted by molar-refractivity contribution is 0.623. The third-order valence-electron chi connectivity index (χ3n) is 5.09. The summed E-state index contributed by atoms with van der Waals surface area (Å²) in [6.45, 7) is 6.85. The Balaban J connectivity index is 1.63. The molecule has 4 rings (SSSR count). The van der Waals surface area contributed by atoms with E-state index in [2.05, 4.69) is 54.3 Å². The molecule has 3 nitrogen and oxygen atoms in total. The van der Waals surface area contributed by atoms with Crippen molar-refractivity contribution in [2.45, 2.75) is 43.5 Å². The molecular formula is C22H24FN3S. The normalized spacial score (nSPS) is 16.9. The molecule has 1 aromatic heterocycles. The topological polar surface area (TPSA) is 21.1 Å². The molecule has 3 aromatic rings. The Morgan fingerprint density at radius 3 is 2.81 bits per heavy atom. The molecule has 0 amide bonds. The Morgan fingerprint density at radius 1 is 1.19 bits per heavy atom. The van der Waals surface area contributed by atoms with Gasteiger partial charge >= 0.3 is 0 Å². The summed E-state index contributed by atoms with van der Waals surface area (Å²) < 4.78 is 15.7. The Bertz CT molecular complexity index is 937. The van der Waals surface area contributed by atoms with Crippen molar-refractivity contribution in [3.8, 4) is 0 Å². The zero-order valence-electron chi connectivity index (χ0n) is 15.7. The first-order chi connectivity index (χ1) is 13.1. The molecule has 2 heterocycles. The van der Waals surface area contributed by atoms with E-state index >= 15 is 0 Å². The van der Waals surface area contributed by atoms with Crippen molar-refractivity contribution in [3.63, 3.8) is 0 Å². The predicted octanol–water partition coefficient (Wildman–Crippen LogP) is 5.59. The van der Waals surface area contributed by atoms with E-state index in [1.54, 1.807) is 6.07 Å². The van der Waals surface area contributed by atoms with E-state index in [1.807, 2.05) is 28.6 Å². The highest BCUT2D eigenvalue weighted by atomic mass is 32.2. The number of thioether (sulfide) groups is 1. The SMILES string of the molecule is CCn1cc(CN2CC[C@H](c3cccc(F)c3)Sc3ccccc32)c(C)n1. The van der Waals surface area contributed by atoms with Gasteiger partial charge in [-0.05, 0) is 50.1 Å². The van der Waals surface area contributed by atoms with E-state index < -0.39 is 0 Å².